The molecular formula is C15H18ClNS. The van der Waals surface area contributed by atoms with Crippen LogP contribution in [0.3, 0.4) is 0 Å². The molecule has 0 radical (unpaired) electrons. The van der Waals surface area contributed by atoms with Crippen LogP contribution in [-0.4, -0.2) is 4.98 Å². The van der Waals surface area contributed by atoms with Crippen molar-refractivity contribution in [2.45, 2.75) is 38.9 Å². The Morgan fingerprint density at radius 3 is 2.44 bits per heavy atom. The molecule has 0 aliphatic heterocycles. The number of pyridine rings is 1. The SMILES string of the molecule is Cc1cc(Cl)cc2c(CS)cc(C(C)(C)C)nc12. The molecule has 0 saturated carbocycles. The number of hydrogen-bond acceptors (Lipinski definition) is 2. The first kappa shape index (κ1) is 13.7. The molecule has 3 heteroatoms. The van der Waals surface area contributed by atoms with E-state index < -0.39 is 0 Å². The van der Waals surface area contributed by atoms with Crippen molar-refractivity contribution in [3.63, 3.8) is 0 Å². The van der Waals surface area contributed by atoms with Gasteiger partial charge in [-0.1, -0.05) is 32.4 Å². The lowest BCUT2D eigenvalue weighted by atomic mass is 9.89. The molecule has 1 heterocycles. The van der Waals surface area contributed by atoms with Gasteiger partial charge in [0.25, 0.3) is 0 Å². The summed E-state index contributed by atoms with van der Waals surface area (Å²) in [6.45, 7) is 8.58. The lowest BCUT2D eigenvalue weighted by Gasteiger charge is -2.20. The fraction of sp³-hybridized carbons (Fsp3) is 0.400. The van der Waals surface area contributed by atoms with E-state index in [-0.39, 0.29) is 5.41 Å². The van der Waals surface area contributed by atoms with Crippen LogP contribution in [0.5, 0.6) is 0 Å². The molecule has 2 rings (SSSR count). The van der Waals surface area contributed by atoms with Gasteiger partial charge in [-0.25, -0.2) is 0 Å². The van der Waals surface area contributed by atoms with Crippen LogP contribution in [0.1, 0.15) is 37.6 Å². The van der Waals surface area contributed by atoms with Gasteiger partial charge >= 0.3 is 0 Å². The smallest absolute Gasteiger partial charge is 0.0738 e. The molecule has 0 saturated heterocycles. The minimum Gasteiger partial charge on any atom is -0.252 e. The number of rotatable bonds is 1. The van der Waals surface area contributed by atoms with Crippen LogP contribution in [0.4, 0.5) is 0 Å². The van der Waals surface area contributed by atoms with Gasteiger partial charge in [-0.05, 0) is 36.2 Å². The van der Waals surface area contributed by atoms with E-state index in [2.05, 4.69) is 46.4 Å². The number of nitrogens with zero attached hydrogens (tertiary/aromatic N) is 1. The fourth-order valence-electron chi connectivity index (χ4n) is 2.04. The van der Waals surface area contributed by atoms with Crippen molar-refractivity contribution in [2.24, 2.45) is 0 Å². The van der Waals surface area contributed by atoms with Gasteiger partial charge in [-0.3, -0.25) is 4.98 Å². The Bertz CT molecular complexity index is 599. The first-order valence-electron chi connectivity index (χ1n) is 6.04. The summed E-state index contributed by atoms with van der Waals surface area (Å²) in [6.07, 6.45) is 0. The van der Waals surface area contributed by atoms with Crippen molar-refractivity contribution in [2.75, 3.05) is 0 Å². The molecule has 0 aliphatic carbocycles. The van der Waals surface area contributed by atoms with Gasteiger partial charge in [0, 0.05) is 27.3 Å². The molecule has 0 spiro atoms. The Hall–Kier alpha value is -0.730. The minimum absolute atomic E-state index is 0.0396. The highest BCUT2D eigenvalue weighted by atomic mass is 35.5. The number of aromatic nitrogens is 1. The predicted molar refractivity (Wildman–Crippen MR) is 82.9 cm³/mol. The minimum atomic E-state index is 0.0396. The van der Waals surface area contributed by atoms with Crippen molar-refractivity contribution in [3.8, 4) is 0 Å². The topological polar surface area (TPSA) is 12.9 Å². The van der Waals surface area contributed by atoms with E-state index in [1.807, 2.05) is 12.1 Å². The van der Waals surface area contributed by atoms with Gasteiger partial charge in [0.1, 0.15) is 0 Å². The quantitative estimate of drug-likeness (QED) is 0.731. The summed E-state index contributed by atoms with van der Waals surface area (Å²) in [6, 6.07) is 6.09. The van der Waals surface area contributed by atoms with E-state index in [1.165, 1.54) is 5.56 Å². The molecule has 2 aromatic rings. The second-order valence-corrected chi connectivity index (χ2v) is 6.45. The molecule has 0 unspecified atom stereocenters. The zero-order chi connectivity index (χ0) is 13.5. The van der Waals surface area contributed by atoms with Gasteiger partial charge in [0.05, 0.1) is 5.52 Å². The summed E-state index contributed by atoms with van der Waals surface area (Å²) in [4.78, 5) is 4.80. The van der Waals surface area contributed by atoms with E-state index in [4.69, 9.17) is 16.6 Å². The molecule has 0 aliphatic rings. The molecule has 1 aromatic heterocycles. The second kappa shape index (κ2) is 4.75. The lowest BCUT2D eigenvalue weighted by Crippen LogP contribution is -2.14. The van der Waals surface area contributed by atoms with E-state index in [0.717, 1.165) is 27.2 Å². The average Bonchev–Trinajstić information content (AvgIpc) is 2.26. The Labute approximate surface area is 119 Å². The summed E-state index contributed by atoms with van der Waals surface area (Å²) in [7, 11) is 0. The van der Waals surface area contributed by atoms with Crippen LogP contribution in [0.2, 0.25) is 5.02 Å². The Kier molecular flexibility index (Phi) is 3.61. The standard InChI is InChI=1S/C15H18ClNS/c1-9-5-11(16)7-12-10(8-18)6-13(15(2,3)4)17-14(9)12/h5-7,18H,8H2,1-4H3. The maximum atomic E-state index is 6.13. The third-order valence-electron chi connectivity index (χ3n) is 3.09. The molecule has 0 amide bonds. The van der Waals surface area contributed by atoms with E-state index in [0.29, 0.717) is 5.75 Å². The summed E-state index contributed by atoms with van der Waals surface area (Å²) < 4.78 is 0. The summed E-state index contributed by atoms with van der Waals surface area (Å²) in [5, 5.41) is 1.87. The first-order chi connectivity index (χ1) is 8.32. The molecule has 96 valence electrons. The molecule has 0 fully saturated rings. The molecule has 1 nitrogen and oxygen atoms in total. The van der Waals surface area contributed by atoms with Crippen molar-refractivity contribution in [1.29, 1.82) is 0 Å². The third kappa shape index (κ3) is 2.50. The largest absolute Gasteiger partial charge is 0.252 e. The Balaban J connectivity index is 2.84. The van der Waals surface area contributed by atoms with Crippen molar-refractivity contribution in [1.82, 2.24) is 4.98 Å². The van der Waals surface area contributed by atoms with Crippen LogP contribution >= 0.6 is 24.2 Å². The van der Waals surface area contributed by atoms with E-state index in [9.17, 15) is 0 Å². The second-order valence-electron chi connectivity index (χ2n) is 5.69. The number of thiol groups is 1. The van der Waals surface area contributed by atoms with E-state index >= 15 is 0 Å². The maximum Gasteiger partial charge on any atom is 0.0738 e. The monoisotopic (exact) mass is 279 g/mol. The van der Waals surface area contributed by atoms with Crippen LogP contribution in [0, 0.1) is 6.92 Å². The maximum absolute atomic E-state index is 6.13. The van der Waals surface area contributed by atoms with Gasteiger partial charge in [-0.15, -0.1) is 0 Å². The zero-order valence-corrected chi connectivity index (χ0v) is 12.9. The first-order valence-corrected chi connectivity index (χ1v) is 7.05. The average molecular weight is 280 g/mol. The number of halogens is 1. The molecule has 1 aromatic carbocycles. The zero-order valence-electron chi connectivity index (χ0n) is 11.2. The number of fused-ring (bicyclic) bond motifs is 1. The van der Waals surface area contributed by atoms with Crippen molar-refractivity contribution >= 4 is 35.1 Å². The van der Waals surface area contributed by atoms with Crippen LogP contribution in [0.25, 0.3) is 10.9 Å². The van der Waals surface area contributed by atoms with Crippen LogP contribution in [-0.2, 0) is 11.2 Å². The molecule has 0 atom stereocenters. The normalized spacial score (nSPS) is 12.1. The number of aryl methyl sites for hydroxylation is 1. The molecule has 0 N–H and O–H groups in total. The highest BCUT2D eigenvalue weighted by Gasteiger charge is 2.18. The van der Waals surface area contributed by atoms with Gasteiger partial charge in [0.2, 0.25) is 0 Å². The highest BCUT2D eigenvalue weighted by molar-refractivity contribution is 7.79. The van der Waals surface area contributed by atoms with E-state index in [1.54, 1.807) is 0 Å². The third-order valence-corrected chi connectivity index (χ3v) is 3.65. The molecular weight excluding hydrogens is 262 g/mol. The number of benzene rings is 1. The van der Waals surface area contributed by atoms with Gasteiger partial charge in [-0.2, -0.15) is 12.6 Å². The lowest BCUT2D eigenvalue weighted by molar-refractivity contribution is 0.571. The van der Waals surface area contributed by atoms with Crippen LogP contribution in [0.15, 0.2) is 18.2 Å². The molecule has 18 heavy (non-hydrogen) atoms. The van der Waals surface area contributed by atoms with Crippen molar-refractivity contribution in [3.05, 3.63) is 40.0 Å². The summed E-state index contributed by atoms with van der Waals surface area (Å²) in [5.74, 6) is 0.696. The summed E-state index contributed by atoms with van der Waals surface area (Å²) >= 11 is 10.6. The molecule has 0 bridgehead atoms. The van der Waals surface area contributed by atoms with Crippen molar-refractivity contribution < 1.29 is 0 Å². The predicted octanol–water partition coefficient (Wildman–Crippen LogP) is 4.92. The number of hydrogen-bond donors (Lipinski definition) is 1. The summed E-state index contributed by atoms with van der Waals surface area (Å²) in [5.41, 5.74) is 4.49. The fourth-order valence-corrected chi connectivity index (χ4v) is 2.57. The van der Waals surface area contributed by atoms with Gasteiger partial charge < -0.3 is 0 Å². The Morgan fingerprint density at radius 2 is 1.89 bits per heavy atom. The van der Waals surface area contributed by atoms with Crippen LogP contribution < -0.4 is 0 Å². The Morgan fingerprint density at radius 1 is 1.22 bits per heavy atom. The van der Waals surface area contributed by atoms with Gasteiger partial charge in [0.15, 0.2) is 0 Å². The highest BCUT2D eigenvalue weighted by Crippen LogP contribution is 2.30.